The summed E-state index contributed by atoms with van der Waals surface area (Å²) in [5, 5.41) is 3.11. The zero-order valence-electron chi connectivity index (χ0n) is 12.6. The van der Waals surface area contributed by atoms with Gasteiger partial charge in [0.25, 0.3) is 0 Å². The maximum Gasteiger partial charge on any atom is 0.0337 e. The third-order valence-corrected chi connectivity index (χ3v) is 2.84. The van der Waals surface area contributed by atoms with Gasteiger partial charge in [0.1, 0.15) is 0 Å². The van der Waals surface area contributed by atoms with E-state index >= 15 is 0 Å². The highest BCUT2D eigenvalue weighted by Gasteiger charge is 1.90. The Hall–Kier alpha value is -2.28. The van der Waals surface area contributed by atoms with Gasteiger partial charge in [-0.2, -0.15) is 0 Å². The Labute approximate surface area is 130 Å². The smallest absolute Gasteiger partial charge is 0.0337 e. The molecule has 0 heterocycles. The van der Waals surface area contributed by atoms with Crippen LogP contribution in [0, 0.1) is 0 Å². The highest BCUT2D eigenvalue weighted by atomic mass is 14.8. The minimum atomic E-state index is 0. The summed E-state index contributed by atoms with van der Waals surface area (Å²) >= 11 is 0. The van der Waals surface area contributed by atoms with Crippen molar-refractivity contribution in [1.82, 2.24) is 0 Å². The number of anilines is 1. The molecule has 0 atom stereocenters. The van der Waals surface area contributed by atoms with Crippen molar-refractivity contribution in [1.29, 1.82) is 0 Å². The third-order valence-electron chi connectivity index (χ3n) is 2.84. The molecule has 2 aromatic rings. The number of nitrogens with one attached hydrogen (secondary N) is 1. The van der Waals surface area contributed by atoms with Gasteiger partial charge in [0.2, 0.25) is 0 Å². The fourth-order valence-corrected chi connectivity index (χ4v) is 1.70. The van der Waals surface area contributed by atoms with Crippen molar-refractivity contribution < 1.29 is 0 Å². The molecule has 0 aliphatic rings. The summed E-state index contributed by atoms with van der Waals surface area (Å²) in [6.45, 7) is 7.75. The second-order valence-corrected chi connectivity index (χ2v) is 4.08. The molecule has 0 aromatic heterocycles. The molecule has 1 nitrogen and oxygen atoms in total. The predicted octanol–water partition coefficient (Wildman–Crippen LogP) is 6.20. The van der Waals surface area contributed by atoms with Crippen molar-refractivity contribution in [2.45, 2.75) is 21.3 Å². The first-order chi connectivity index (χ1) is 9.81. The van der Waals surface area contributed by atoms with E-state index in [2.05, 4.69) is 72.6 Å². The van der Waals surface area contributed by atoms with Gasteiger partial charge in [-0.1, -0.05) is 82.5 Å². The van der Waals surface area contributed by atoms with E-state index in [0.717, 1.165) is 11.3 Å². The van der Waals surface area contributed by atoms with E-state index < -0.39 is 0 Å². The van der Waals surface area contributed by atoms with Crippen LogP contribution in [0.15, 0.2) is 55.1 Å². The van der Waals surface area contributed by atoms with E-state index in [1.165, 1.54) is 11.1 Å². The van der Waals surface area contributed by atoms with Crippen molar-refractivity contribution in [3.05, 3.63) is 71.8 Å². The van der Waals surface area contributed by atoms with Crippen LogP contribution in [0.3, 0.4) is 0 Å². The van der Waals surface area contributed by atoms with Gasteiger partial charge in [0, 0.05) is 12.7 Å². The van der Waals surface area contributed by atoms with Crippen LogP contribution in [-0.4, -0.2) is 7.05 Å². The molecule has 0 unspecified atom stereocenters. The molecule has 2 aromatic carbocycles. The lowest BCUT2D eigenvalue weighted by atomic mass is 10.1. The van der Waals surface area contributed by atoms with Crippen LogP contribution >= 0.6 is 0 Å². The predicted molar refractivity (Wildman–Crippen MR) is 99.5 cm³/mol. The summed E-state index contributed by atoms with van der Waals surface area (Å²) in [6.07, 6.45) is 6.08. The first kappa shape index (κ1) is 18.7. The van der Waals surface area contributed by atoms with Gasteiger partial charge in [-0.3, -0.25) is 0 Å². The summed E-state index contributed by atoms with van der Waals surface area (Å²) in [5.41, 5.74) is 4.66. The fourth-order valence-electron chi connectivity index (χ4n) is 1.70. The quantitative estimate of drug-likeness (QED) is 0.657. The van der Waals surface area contributed by atoms with E-state index in [9.17, 15) is 0 Å². The Bertz CT molecular complexity index is 533. The second kappa shape index (κ2) is 10.5. The van der Waals surface area contributed by atoms with Crippen LogP contribution in [0.2, 0.25) is 0 Å². The lowest BCUT2D eigenvalue weighted by Gasteiger charge is -2.00. The standard InChI is InChI=1S/C17H17N.C2H6.CH4/c1-3-14-4-6-15(7-5-14)8-9-16-10-12-17(18-2)13-11-16;1-2;/h3-13,18H,1H2,2H3;1-2H3;1H4/b9-8+;;. The number of benzene rings is 2. The number of hydrogen-bond acceptors (Lipinski definition) is 1. The lowest BCUT2D eigenvalue weighted by molar-refractivity contribution is 1.50. The maximum atomic E-state index is 3.75. The second-order valence-electron chi connectivity index (χ2n) is 4.08. The Kier molecular flexibility index (Phi) is 9.36. The molecule has 0 bridgehead atoms. The maximum absolute atomic E-state index is 3.75. The topological polar surface area (TPSA) is 12.0 Å². The Morgan fingerprint density at radius 1 is 0.762 bits per heavy atom. The van der Waals surface area contributed by atoms with E-state index in [0.29, 0.717) is 0 Å². The molecule has 0 amide bonds. The molecular weight excluding hydrogens is 254 g/mol. The van der Waals surface area contributed by atoms with Crippen molar-refractivity contribution >= 4 is 23.9 Å². The van der Waals surface area contributed by atoms with Crippen LogP contribution in [0.25, 0.3) is 18.2 Å². The summed E-state index contributed by atoms with van der Waals surface area (Å²) in [6, 6.07) is 16.7. The molecule has 1 N–H and O–H groups in total. The molecular formula is C20H27N. The fraction of sp³-hybridized carbons (Fsp3) is 0.200. The van der Waals surface area contributed by atoms with E-state index in [4.69, 9.17) is 0 Å². The van der Waals surface area contributed by atoms with Gasteiger partial charge in [-0.05, 0) is 28.8 Å². The van der Waals surface area contributed by atoms with Gasteiger partial charge >= 0.3 is 0 Å². The summed E-state index contributed by atoms with van der Waals surface area (Å²) < 4.78 is 0. The van der Waals surface area contributed by atoms with Crippen molar-refractivity contribution in [2.24, 2.45) is 0 Å². The van der Waals surface area contributed by atoms with Crippen molar-refractivity contribution in [3.8, 4) is 0 Å². The average Bonchev–Trinajstić information content (AvgIpc) is 2.55. The SMILES string of the molecule is C.C=Cc1ccc(/C=C/c2ccc(NC)cc2)cc1.CC. The van der Waals surface area contributed by atoms with Crippen LogP contribution in [0.5, 0.6) is 0 Å². The normalized spacial score (nSPS) is 9.29. The first-order valence-electron chi connectivity index (χ1n) is 7.00. The molecule has 0 saturated heterocycles. The zero-order valence-corrected chi connectivity index (χ0v) is 12.6. The van der Waals surface area contributed by atoms with Crippen molar-refractivity contribution in [3.63, 3.8) is 0 Å². The van der Waals surface area contributed by atoms with Crippen LogP contribution in [-0.2, 0) is 0 Å². The number of hydrogen-bond donors (Lipinski definition) is 1. The monoisotopic (exact) mass is 281 g/mol. The summed E-state index contributed by atoms with van der Waals surface area (Å²) in [5.74, 6) is 0. The molecule has 0 saturated carbocycles. The minimum absolute atomic E-state index is 0. The summed E-state index contributed by atoms with van der Waals surface area (Å²) in [7, 11) is 1.92. The molecule has 2 rings (SSSR count). The van der Waals surface area contributed by atoms with E-state index in [-0.39, 0.29) is 7.43 Å². The Balaban J connectivity index is 0.00000128. The van der Waals surface area contributed by atoms with E-state index in [1.54, 1.807) is 0 Å². The highest BCUT2D eigenvalue weighted by Crippen LogP contribution is 2.13. The van der Waals surface area contributed by atoms with Gasteiger partial charge in [-0.25, -0.2) is 0 Å². The molecule has 0 radical (unpaired) electrons. The third kappa shape index (κ3) is 6.13. The molecule has 112 valence electrons. The van der Waals surface area contributed by atoms with Gasteiger partial charge in [0.15, 0.2) is 0 Å². The van der Waals surface area contributed by atoms with Gasteiger partial charge < -0.3 is 5.32 Å². The van der Waals surface area contributed by atoms with Crippen molar-refractivity contribution in [2.75, 3.05) is 12.4 Å². The lowest BCUT2D eigenvalue weighted by Crippen LogP contribution is -1.86. The highest BCUT2D eigenvalue weighted by molar-refractivity contribution is 5.71. The van der Waals surface area contributed by atoms with Crippen LogP contribution in [0.4, 0.5) is 5.69 Å². The molecule has 1 heteroatoms. The van der Waals surface area contributed by atoms with Gasteiger partial charge in [0.05, 0.1) is 0 Å². The average molecular weight is 281 g/mol. The minimum Gasteiger partial charge on any atom is -0.388 e. The van der Waals surface area contributed by atoms with Crippen LogP contribution < -0.4 is 5.32 Å². The first-order valence-corrected chi connectivity index (χ1v) is 7.00. The molecule has 0 aliphatic carbocycles. The van der Waals surface area contributed by atoms with Gasteiger partial charge in [-0.15, -0.1) is 0 Å². The van der Waals surface area contributed by atoms with E-state index in [1.807, 2.05) is 27.0 Å². The molecule has 0 spiro atoms. The Morgan fingerprint density at radius 2 is 1.14 bits per heavy atom. The molecule has 0 fully saturated rings. The molecule has 21 heavy (non-hydrogen) atoms. The Morgan fingerprint density at radius 3 is 1.52 bits per heavy atom. The summed E-state index contributed by atoms with van der Waals surface area (Å²) in [4.78, 5) is 0. The zero-order chi connectivity index (χ0) is 14.8. The number of rotatable bonds is 4. The molecule has 0 aliphatic heterocycles. The van der Waals surface area contributed by atoms with Crippen LogP contribution in [0.1, 0.15) is 38.0 Å². The largest absolute Gasteiger partial charge is 0.388 e.